The molecular formula is C36H35IrN2O3S-. The van der Waals surface area contributed by atoms with Crippen LogP contribution in [0.1, 0.15) is 57.0 Å². The number of fused-ring (bicyclic) bond motifs is 4. The Hall–Kier alpha value is -3.64. The Kier molecular flexibility index (Phi) is 9.41. The second-order valence-corrected chi connectivity index (χ2v) is 12.9. The predicted molar refractivity (Wildman–Crippen MR) is 174 cm³/mol. The average Bonchev–Trinajstić information content (AvgIpc) is 3.47. The van der Waals surface area contributed by atoms with E-state index in [1.165, 1.54) is 57.1 Å². The number of aromatic nitrogens is 2. The number of aliphatic hydroxyl groups is 1. The number of thiophene rings is 1. The standard InChI is InChI=1S/C31H27N2OS.C5H8O2.Ir/c1-17-12-21(31(4,5)6)13-18(2)28(17)26-15-20-14-25(32-16-27(20)35-26)24-9-7-8-22-23-11-10-19(3)33-30(23)34-29(22)24;1-4(6)3-5(2)7;/h7-8,10-16H,1-6H3;3,6H,1-2H3;/q-1;;/b;4-3-;. The molecule has 2 aromatic carbocycles. The first kappa shape index (κ1) is 32.3. The topological polar surface area (TPSA) is 76.2 Å². The molecule has 0 saturated heterocycles. The van der Waals surface area contributed by atoms with Gasteiger partial charge in [-0.25, -0.2) is 4.98 Å². The molecule has 0 unspecified atom stereocenters. The van der Waals surface area contributed by atoms with Crippen molar-refractivity contribution in [2.45, 2.75) is 60.8 Å². The summed E-state index contributed by atoms with van der Waals surface area (Å²) in [7, 11) is 0. The summed E-state index contributed by atoms with van der Waals surface area (Å²) in [6, 6.07) is 20.6. The molecule has 6 rings (SSSR count). The Bertz CT molecular complexity index is 1980. The molecule has 0 saturated carbocycles. The van der Waals surface area contributed by atoms with Crippen LogP contribution in [0.3, 0.4) is 0 Å². The number of aryl methyl sites for hydroxylation is 3. The van der Waals surface area contributed by atoms with Gasteiger partial charge in [0, 0.05) is 48.3 Å². The summed E-state index contributed by atoms with van der Waals surface area (Å²) in [6.07, 6.45) is 3.14. The molecule has 43 heavy (non-hydrogen) atoms. The quantitative estimate of drug-likeness (QED) is 0.110. The molecule has 0 atom stereocenters. The number of allylic oxidation sites excluding steroid dienone is 2. The van der Waals surface area contributed by atoms with Crippen molar-refractivity contribution >= 4 is 49.3 Å². The van der Waals surface area contributed by atoms with E-state index in [0.29, 0.717) is 5.71 Å². The van der Waals surface area contributed by atoms with Gasteiger partial charge in [-0.05, 0) is 91.6 Å². The number of carbonyl (C=O) groups is 1. The van der Waals surface area contributed by atoms with Crippen molar-refractivity contribution in [3.8, 4) is 21.7 Å². The number of hydrogen-bond acceptors (Lipinski definition) is 6. The summed E-state index contributed by atoms with van der Waals surface area (Å²) in [4.78, 5) is 20.7. The first-order valence-electron chi connectivity index (χ1n) is 13.9. The maximum Gasteiger partial charge on any atom is 0.216 e. The van der Waals surface area contributed by atoms with Crippen molar-refractivity contribution in [2.75, 3.05) is 0 Å². The fourth-order valence-electron chi connectivity index (χ4n) is 5.19. The minimum absolute atomic E-state index is 0. The largest absolute Gasteiger partial charge is 0.512 e. The molecule has 1 radical (unpaired) electrons. The summed E-state index contributed by atoms with van der Waals surface area (Å²) in [5, 5.41) is 11.6. The zero-order valence-electron chi connectivity index (χ0n) is 25.7. The number of pyridine rings is 2. The Balaban J connectivity index is 0.000000475. The van der Waals surface area contributed by atoms with Gasteiger partial charge in [-0.3, -0.25) is 4.79 Å². The van der Waals surface area contributed by atoms with Crippen molar-refractivity contribution in [1.82, 2.24) is 9.97 Å². The molecule has 0 fully saturated rings. The number of rotatable bonds is 3. The summed E-state index contributed by atoms with van der Waals surface area (Å²) in [5.74, 6) is -0.0625. The van der Waals surface area contributed by atoms with Crippen LogP contribution in [0.5, 0.6) is 0 Å². The van der Waals surface area contributed by atoms with Crippen LogP contribution in [0.15, 0.2) is 71.0 Å². The fraction of sp³-hybridized carbons (Fsp3) is 0.250. The van der Waals surface area contributed by atoms with E-state index in [1.54, 1.807) is 11.3 Å². The SMILES string of the molecule is CC(=O)/C=C(/C)O.Cc1ccc2c(n1)oc1c(-c3cc4cc(-c5c(C)cc(C(C)(C)C)cc5C)sc4cn3)[c-]ccc12.[Ir]. The van der Waals surface area contributed by atoms with Gasteiger partial charge in [0.2, 0.25) is 5.71 Å². The zero-order chi connectivity index (χ0) is 30.3. The summed E-state index contributed by atoms with van der Waals surface area (Å²) in [5.41, 5.74) is 9.58. The van der Waals surface area contributed by atoms with Crippen LogP contribution < -0.4 is 0 Å². The third-order valence-corrected chi connectivity index (χ3v) is 8.26. The second-order valence-electron chi connectivity index (χ2n) is 11.9. The van der Waals surface area contributed by atoms with Crippen LogP contribution in [0.4, 0.5) is 0 Å². The molecule has 0 aliphatic rings. The van der Waals surface area contributed by atoms with E-state index in [1.807, 2.05) is 31.3 Å². The normalized spacial score (nSPS) is 11.9. The van der Waals surface area contributed by atoms with Gasteiger partial charge in [0.1, 0.15) is 0 Å². The molecule has 223 valence electrons. The van der Waals surface area contributed by atoms with Crippen molar-refractivity contribution in [1.29, 1.82) is 0 Å². The van der Waals surface area contributed by atoms with Gasteiger partial charge in [-0.15, -0.1) is 29.5 Å². The van der Waals surface area contributed by atoms with Gasteiger partial charge in [0.15, 0.2) is 5.78 Å². The molecule has 0 aliphatic heterocycles. The van der Waals surface area contributed by atoms with Gasteiger partial charge in [0.25, 0.3) is 0 Å². The smallest absolute Gasteiger partial charge is 0.216 e. The molecule has 0 spiro atoms. The van der Waals surface area contributed by atoms with E-state index in [0.717, 1.165) is 33.3 Å². The Labute approximate surface area is 270 Å². The van der Waals surface area contributed by atoms with Crippen LogP contribution >= 0.6 is 11.3 Å². The number of carbonyl (C=O) groups excluding carboxylic acids is 1. The summed E-state index contributed by atoms with van der Waals surface area (Å²) in [6.45, 7) is 16.1. The molecule has 1 N–H and O–H groups in total. The minimum atomic E-state index is -0.125. The molecule has 4 heterocycles. The molecule has 0 amide bonds. The summed E-state index contributed by atoms with van der Waals surface area (Å²) < 4.78 is 7.37. The molecule has 7 heteroatoms. The fourth-order valence-corrected chi connectivity index (χ4v) is 6.38. The zero-order valence-corrected chi connectivity index (χ0v) is 28.9. The number of nitrogens with zero attached hydrogens (tertiary/aromatic N) is 2. The van der Waals surface area contributed by atoms with Crippen molar-refractivity contribution < 1.29 is 34.4 Å². The van der Waals surface area contributed by atoms with Gasteiger partial charge in [-0.2, -0.15) is 0 Å². The Morgan fingerprint density at radius 3 is 2.30 bits per heavy atom. The number of benzene rings is 2. The maximum atomic E-state index is 10.0. The molecule has 4 aromatic heterocycles. The van der Waals surface area contributed by atoms with Crippen LogP contribution in [0.25, 0.3) is 53.9 Å². The molecule has 5 nitrogen and oxygen atoms in total. The first-order valence-corrected chi connectivity index (χ1v) is 14.7. The van der Waals surface area contributed by atoms with Crippen LogP contribution in [-0.2, 0) is 30.3 Å². The van der Waals surface area contributed by atoms with Gasteiger partial charge in [0.05, 0.1) is 16.0 Å². The third-order valence-electron chi connectivity index (χ3n) is 7.16. The first-order chi connectivity index (χ1) is 19.8. The van der Waals surface area contributed by atoms with E-state index in [9.17, 15) is 4.79 Å². The average molecular weight is 768 g/mol. The summed E-state index contributed by atoms with van der Waals surface area (Å²) >= 11 is 1.80. The second kappa shape index (κ2) is 12.5. The third kappa shape index (κ3) is 6.80. The van der Waals surface area contributed by atoms with E-state index in [4.69, 9.17) is 14.5 Å². The maximum absolute atomic E-state index is 10.0. The molecule has 6 aromatic rings. The number of hydrogen-bond donors (Lipinski definition) is 1. The molecule has 0 bridgehead atoms. The number of ketones is 1. The monoisotopic (exact) mass is 768 g/mol. The van der Waals surface area contributed by atoms with Crippen LogP contribution in [0.2, 0.25) is 0 Å². The van der Waals surface area contributed by atoms with Crippen molar-refractivity contribution in [2.24, 2.45) is 0 Å². The van der Waals surface area contributed by atoms with Crippen molar-refractivity contribution in [3.05, 3.63) is 95.0 Å². The number of aliphatic hydroxyl groups excluding tert-OH is 1. The molecule has 0 aliphatic carbocycles. The van der Waals surface area contributed by atoms with Crippen LogP contribution in [0, 0.1) is 26.8 Å². The van der Waals surface area contributed by atoms with Gasteiger partial charge >= 0.3 is 0 Å². The minimum Gasteiger partial charge on any atom is -0.512 e. The van der Waals surface area contributed by atoms with Gasteiger partial charge < -0.3 is 14.5 Å². The molecular weight excluding hydrogens is 733 g/mol. The Morgan fingerprint density at radius 2 is 1.70 bits per heavy atom. The van der Waals surface area contributed by atoms with Crippen molar-refractivity contribution in [3.63, 3.8) is 0 Å². The van der Waals surface area contributed by atoms with E-state index < -0.39 is 0 Å². The predicted octanol–water partition coefficient (Wildman–Crippen LogP) is 9.98. The van der Waals surface area contributed by atoms with E-state index in [2.05, 4.69) is 76.0 Å². The van der Waals surface area contributed by atoms with E-state index >= 15 is 0 Å². The van der Waals surface area contributed by atoms with E-state index in [-0.39, 0.29) is 37.1 Å². The Morgan fingerprint density at radius 1 is 1.00 bits per heavy atom. The van der Waals surface area contributed by atoms with Gasteiger partial charge in [-0.1, -0.05) is 49.9 Å². The number of furan rings is 1. The van der Waals surface area contributed by atoms with Crippen LogP contribution in [-0.4, -0.2) is 20.9 Å².